The summed E-state index contributed by atoms with van der Waals surface area (Å²) < 4.78 is 5.54. The molecule has 0 saturated heterocycles. The highest BCUT2D eigenvalue weighted by molar-refractivity contribution is 5.57. The number of likely N-dealkylation sites (N-methyl/N-ethyl adjacent to an activating group) is 1. The summed E-state index contributed by atoms with van der Waals surface area (Å²) in [5.74, 6) is 1.72. The number of methoxy groups -OCH3 is 1. The molecule has 0 radical (unpaired) electrons. The average Bonchev–Trinajstić information content (AvgIpc) is 2.89. The first-order valence-electron chi connectivity index (χ1n) is 13.7. The number of hydrogen-bond donors (Lipinski definition) is 2. The Morgan fingerprint density at radius 3 is 2.38 bits per heavy atom. The van der Waals surface area contributed by atoms with E-state index in [0.29, 0.717) is 11.7 Å². The smallest absolute Gasteiger partial charge is 0.120 e. The van der Waals surface area contributed by atoms with Crippen molar-refractivity contribution in [2.45, 2.75) is 70.8 Å². The van der Waals surface area contributed by atoms with Crippen molar-refractivity contribution in [3.63, 3.8) is 0 Å². The van der Waals surface area contributed by atoms with E-state index in [4.69, 9.17) is 4.74 Å². The summed E-state index contributed by atoms with van der Waals surface area (Å²) in [7, 11) is 3.93. The number of aromatic hydroxyl groups is 1. The predicted molar refractivity (Wildman–Crippen MR) is 155 cm³/mol. The molecule has 198 valence electrons. The van der Waals surface area contributed by atoms with Crippen LogP contribution >= 0.6 is 0 Å². The van der Waals surface area contributed by atoms with Crippen molar-refractivity contribution in [1.29, 1.82) is 0 Å². The quantitative estimate of drug-likeness (QED) is 0.295. The van der Waals surface area contributed by atoms with Crippen LogP contribution < -0.4 is 10.1 Å². The van der Waals surface area contributed by atoms with Crippen LogP contribution in [0.5, 0.6) is 11.5 Å². The number of nitrogens with one attached hydrogen (secondary N) is 1. The van der Waals surface area contributed by atoms with Gasteiger partial charge < -0.3 is 20.1 Å². The lowest BCUT2D eigenvalue weighted by Crippen LogP contribution is -2.39. The van der Waals surface area contributed by atoms with Gasteiger partial charge in [-0.1, -0.05) is 36.4 Å². The Balaban J connectivity index is 1.32. The summed E-state index contributed by atoms with van der Waals surface area (Å²) in [6, 6.07) is 21.4. The molecule has 3 aromatic rings. The van der Waals surface area contributed by atoms with Crippen LogP contribution in [0.4, 0.5) is 5.69 Å². The van der Waals surface area contributed by atoms with Gasteiger partial charge in [0.2, 0.25) is 0 Å². The van der Waals surface area contributed by atoms with E-state index in [1.807, 2.05) is 12.1 Å². The Bertz CT molecular complexity index is 1160. The summed E-state index contributed by atoms with van der Waals surface area (Å²) in [5.41, 5.74) is 8.20. The van der Waals surface area contributed by atoms with Gasteiger partial charge in [0.15, 0.2) is 0 Å². The van der Waals surface area contributed by atoms with Crippen molar-refractivity contribution in [2.24, 2.45) is 0 Å². The molecule has 0 aliphatic heterocycles. The molecular weight excluding hydrogens is 456 g/mol. The van der Waals surface area contributed by atoms with Crippen LogP contribution in [0.3, 0.4) is 0 Å². The fraction of sp³-hybridized carbons (Fsp3) is 0.455. The molecule has 0 bridgehead atoms. The molecule has 0 aromatic heterocycles. The van der Waals surface area contributed by atoms with E-state index in [9.17, 15) is 5.11 Å². The number of benzene rings is 3. The number of ether oxygens (including phenoxy) is 1. The molecule has 3 aromatic carbocycles. The molecule has 4 heteroatoms. The Morgan fingerprint density at radius 2 is 1.68 bits per heavy atom. The van der Waals surface area contributed by atoms with Crippen molar-refractivity contribution in [1.82, 2.24) is 4.90 Å². The minimum Gasteiger partial charge on any atom is -0.508 e. The van der Waals surface area contributed by atoms with Gasteiger partial charge in [-0.2, -0.15) is 0 Å². The fourth-order valence-corrected chi connectivity index (χ4v) is 5.20. The number of hydrogen-bond acceptors (Lipinski definition) is 4. The third-order valence-corrected chi connectivity index (χ3v) is 7.98. The Morgan fingerprint density at radius 1 is 0.946 bits per heavy atom. The number of phenols is 1. The zero-order valence-corrected chi connectivity index (χ0v) is 23.3. The number of fused-ring (bicyclic) bond motifs is 1. The second-order valence-corrected chi connectivity index (χ2v) is 11.5. The summed E-state index contributed by atoms with van der Waals surface area (Å²) in [6.45, 7) is 8.79. The molecule has 0 unspecified atom stereocenters. The van der Waals surface area contributed by atoms with E-state index in [0.717, 1.165) is 57.4 Å². The molecule has 0 amide bonds. The van der Waals surface area contributed by atoms with Crippen molar-refractivity contribution in [3.8, 4) is 11.5 Å². The average molecular weight is 501 g/mol. The molecule has 1 aliphatic carbocycles. The standard InChI is InChI=1S/C33H44N2O2/c1-33(2,3)35(4)20-18-25-10-8-24(9-11-25)7-6-19-34-32-23-30(37-5)16-17-31(32)28-13-12-27-22-29(36)15-14-26(27)21-28/h8-11,14-17,22-23,28,34,36H,6-7,12-13,18-21H2,1-5H3/t28-/m1/s1. The first-order valence-corrected chi connectivity index (χ1v) is 13.7. The van der Waals surface area contributed by atoms with Crippen molar-refractivity contribution >= 4 is 5.69 Å². The van der Waals surface area contributed by atoms with Gasteiger partial charge in [-0.05, 0) is 118 Å². The van der Waals surface area contributed by atoms with Gasteiger partial charge in [-0.15, -0.1) is 0 Å². The number of rotatable bonds is 10. The van der Waals surface area contributed by atoms with E-state index in [-0.39, 0.29) is 5.54 Å². The third-order valence-electron chi connectivity index (χ3n) is 7.98. The molecule has 4 nitrogen and oxygen atoms in total. The molecule has 0 saturated carbocycles. The number of anilines is 1. The van der Waals surface area contributed by atoms with Crippen LogP contribution in [-0.2, 0) is 25.7 Å². The van der Waals surface area contributed by atoms with Gasteiger partial charge in [0.1, 0.15) is 11.5 Å². The zero-order valence-electron chi connectivity index (χ0n) is 23.3. The Hall–Kier alpha value is -2.98. The minimum absolute atomic E-state index is 0.209. The normalized spacial score (nSPS) is 15.5. The largest absolute Gasteiger partial charge is 0.508 e. The maximum absolute atomic E-state index is 9.83. The number of nitrogens with zero attached hydrogens (tertiary/aromatic N) is 1. The highest BCUT2D eigenvalue weighted by Crippen LogP contribution is 2.38. The van der Waals surface area contributed by atoms with E-state index in [1.54, 1.807) is 7.11 Å². The van der Waals surface area contributed by atoms with Crippen LogP contribution in [0, 0.1) is 0 Å². The molecule has 1 aliphatic rings. The SMILES string of the molecule is COc1ccc([C@@H]2CCc3cc(O)ccc3C2)c(NCCCc2ccc(CCN(C)C(C)(C)C)cc2)c1. The molecule has 1 atom stereocenters. The Kier molecular flexibility index (Phi) is 8.81. The van der Waals surface area contributed by atoms with Gasteiger partial charge in [0.25, 0.3) is 0 Å². The molecule has 0 fully saturated rings. The summed E-state index contributed by atoms with van der Waals surface area (Å²) >= 11 is 0. The molecule has 0 spiro atoms. The number of phenolic OH excluding ortho intramolecular Hbond substituents is 1. The molecule has 0 heterocycles. The van der Waals surface area contributed by atoms with Crippen molar-refractivity contribution < 1.29 is 9.84 Å². The maximum Gasteiger partial charge on any atom is 0.120 e. The van der Waals surface area contributed by atoms with Gasteiger partial charge in [0, 0.05) is 30.4 Å². The number of aryl methyl sites for hydroxylation is 2. The van der Waals surface area contributed by atoms with Gasteiger partial charge in [-0.3, -0.25) is 0 Å². The third kappa shape index (κ3) is 7.29. The van der Waals surface area contributed by atoms with Crippen LogP contribution in [0.15, 0.2) is 60.7 Å². The molecule has 4 rings (SSSR count). The van der Waals surface area contributed by atoms with E-state index >= 15 is 0 Å². The summed E-state index contributed by atoms with van der Waals surface area (Å²) in [6.07, 6.45) is 6.33. The molecule has 37 heavy (non-hydrogen) atoms. The first-order chi connectivity index (χ1) is 17.7. The summed E-state index contributed by atoms with van der Waals surface area (Å²) in [5, 5.41) is 13.6. The lowest BCUT2D eigenvalue weighted by molar-refractivity contribution is 0.178. The first kappa shape index (κ1) is 27.1. The highest BCUT2D eigenvalue weighted by Gasteiger charge is 2.23. The topological polar surface area (TPSA) is 44.7 Å². The van der Waals surface area contributed by atoms with Gasteiger partial charge in [-0.25, -0.2) is 0 Å². The highest BCUT2D eigenvalue weighted by atomic mass is 16.5. The minimum atomic E-state index is 0.209. The van der Waals surface area contributed by atoms with Crippen LogP contribution in [0.25, 0.3) is 0 Å². The van der Waals surface area contributed by atoms with E-state index in [2.05, 4.69) is 86.6 Å². The molecule has 2 N–H and O–H groups in total. The summed E-state index contributed by atoms with van der Waals surface area (Å²) in [4.78, 5) is 2.41. The second kappa shape index (κ2) is 12.0. The van der Waals surface area contributed by atoms with E-state index < -0.39 is 0 Å². The molecular formula is C33H44N2O2. The fourth-order valence-electron chi connectivity index (χ4n) is 5.20. The van der Waals surface area contributed by atoms with Crippen LogP contribution in [-0.4, -0.2) is 42.8 Å². The second-order valence-electron chi connectivity index (χ2n) is 11.5. The zero-order chi connectivity index (χ0) is 26.4. The van der Waals surface area contributed by atoms with Crippen molar-refractivity contribution in [3.05, 3.63) is 88.5 Å². The van der Waals surface area contributed by atoms with Gasteiger partial charge in [0.05, 0.1) is 7.11 Å². The van der Waals surface area contributed by atoms with Crippen LogP contribution in [0.2, 0.25) is 0 Å². The van der Waals surface area contributed by atoms with Crippen molar-refractivity contribution in [2.75, 3.05) is 32.6 Å². The van der Waals surface area contributed by atoms with Crippen LogP contribution in [0.1, 0.15) is 67.3 Å². The lowest BCUT2D eigenvalue weighted by Gasteiger charge is -2.31. The maximum atomic E-state index is 9.83. The van der Waals surface area contributed by atoms with Gasteiger partial charge >= 0.3 is 0 Å². The van der Waals surface area contributed by atoms with E-state index in [1.165, 1.54) is 33.5 Å². The predicted octanol–water partition coefficient (Wildman–Crippen LogP) is 6.99. The monoisotopic (exact) mass is 500 g/mol. The lowest BCUT2D eigenvalue weighted by atomic mass is 9.79. The Labute approximate surface area is 223 Å².